The van der Waals surface area contributed by atoms with Crippen LogP contribution in [0, 0.1) is 5.92 Å². The number of aliphatic hydroxyl groups excluding tert-OH is 1. The Hall–Kier alpha value is -1.59. The first-order chi connectivity index (χ1) is 10.5. The van der Waals surface area contributed by atoms with E-state index in [1.54, 1.807) is 18.2 Å². The van der Waals surface area contributed by atoms with Crippen LogP contribution in [0.2, 0.25) is 0 Å². The fraction of sp³-hybridized carbons (Fsp3) is 0.588. The molecule has 0 amide bonds. The van der Waals surface area contributed by atoms with E-state index in [0.29, 0.717) is 36.2 Å². The molecule has 0 aliphatic carbocycles. The van der Waals surface area contributed by atoms with Gasteiger partial charge in [-0.25, -0.2) is 0 Å². The summed E-state index contributed by atoms with van der Waals surface area (Å²) in [6.07, 6.45) is 1.73. The van der Waals surface area contributed by atoms with Gasteiger partial charge in [-0.1, -0.05) is 27.2 Å². The number of benzene rings is 1. The average Bonchev–Trinajstić information content (AvgIpc) is 2.51. The normalized spacial score (nSPS) is 12.2. The van der Waals surface area contributed by atoms with Gasteiger partial charge in [-0.2, -0.15) is 0 Å². The predicted molar refractivity (Wildman–Crippen MR) is 84.5 cm³/mol. The minimum absolute atomic E-state index is 0.00340. The summed E-state index contributed by atoms with van der Waals surface area (Å²) in [6, 6.07) is 4.98. The molecule has 1 aromatic carbocycles. The van der Waals surface area contributed by atoms with Crippen molar-refractivity contribution in [3.8, 4) is 11.5 Å². The molecule has 0 fully saturated rings. The van der Waals surface area contributed by atoms with Crippen LogP contribution in [-0.2, 0) is 4.74 Å². The topological polar surface area (TPSA) is 65.0 Å². The van der Waals surface area contributed by atoms with Crippen molar-refractivity contribution in [2.24, 2.45) is 5.92 Å². The number of aldehydes is 1. The van der Waals surface area contributed by atoms with Gasteiger partial charge in [0.2, 0.25) is 0 Å². The summed E-state index contributed by atoms with van der Waals surface area (Å²) in [4.78, 5) is 11.0. The van der Waals surface area contributed by atoms with Crippen molar-refractivity contribution >= 4 is 6.29 Å². The Kier molecular flexibility index (Phi) is 8.55. The Morgan fingerprint density at radius 3 is 2.41 bits per heavy atom. The quantitative estimate of drug-likeness (QED) is 0.386. The zero-order valence-electron chi connectivity index (χ0n) is 13.6. The first kappa shape index (κ1) is 18.5. The van der Waals surface area contributed by atoms with Gasteiger partial charge in [-0.3, -0.25) is 4.79 Å². The molecular weight excluding hydrogens is 284 g/mol. The van der Waals surface area contributed by atoms with E-state index in [-0.39, 0.29) is 6.61 Å². The summed E-state index contributed by atoms with van der Waals surface area (Å²) in [5.41, 5.74) is 0.474. The Morgan fingerprint density at radius 2 is 1.82 bits per heavy atom. The summed E-state index contributed by atoms with van der Waals surface area (Å²) in [5, 5.41) is 9.68. The fourth-order valence-corrected chi connectivity index (χ4v) is 1.68. The summed E-state index contributed by atoms with van der Waals surface area (Å²) in [7, 11) is 0. The lowest BCUT2D eigenvalue weighted by atomic mass is 10.2. The summed E-state index contributed by atoms with van der Waals surface area (Å²) >= 11 is 0. The molecule has 1 aromatic rings. The number of hydrogen-bond donors (Lipinski definition) is 1. The van der Waals surface area contributed by atoms with Crippen molar-refractivity contribution in [1.82, 2.24) is 0 Å². The monoisotopic (exact) mass is 310 g/mol. The molecule has 0 heterocycles. The number of unbranched alkanes of at least 4 members (excludes halogenated alkanes) is 1. The van der Waals surface area contributed by atoms with Gasteiger partial charge in [-0.15, -0.1) is 0 Å². The third kappa shape index (κ3) is 7.43. The van der Waals surface area contributed by atoms with Crippen LogP contribution >= 0.6 is 0 Å². The van der Waals surface area contributed by atoms with Crippen molar-refractivity contribution in [1.29, 1.82) is 0 Å². The first-order valence-electron chi connectivity index (χ1n) is 7.70. The molecule has 1 unspecified atom stereocenters. The van der Waals surface area contributed by atoms with Crippen LogP contribution in [0.4, 0.5) is 0 Å². The second-order valence-corrected chi connectivity index (χ2v) is 5.55. The van der Waals surface area contributed by atoms with Crippen molar-refractivity contribution in [2.75, 3.05) is 19.8 Å². The van der Waals surface area contributed by atoms with Crippen LogP contribution in [0.25, 0.3) is 0 Å². The number of rotatable bonds is 11. The Labute approximate surface area is 132 Å². The number of aliphatic hydroxyl groups is 1. The van der Waals surface area contributed by atoms with E-state index < -0.39 is 6.29 Å². The zero-order chi connectivity index (χ0) is 16.4. The number of hydrogen-bond acceptors (Lipinski definition) is 5. The maximum atomic E-state index is 11.0. The van der Waals surface area contributed by atoms with Gasteiger partial charge in [0.15, 0.2) is 6.29 Å². The van der Waals surface area contributed by atoms with E-state index in [2.05, 4.69) is 6.92 Å². The highest BCUT2D eigenvalue weighted by Crippen LogP contribution is 2.22. The molecule has 1 atom stereocenters. The Morgan fingerprint density at radius 1 is 1.14 bits per heavy atom. The maximum Gasteiger partial charge on any atom is 0.189 e. The summed E-state index contributed by atoms with van der Waals surface area (Å²) in [5.74, 6) is 1.40. The third-order valence-corrected chi connectivity index (χ3v) is 2.82. The lowest BCUT2D eigenvalue weighted by molar-refractivity contribution is -0.125. The average molecular weight is 310 g/mol. The van der Waals surface area contributed by atoms with Gasteiger partial charge in [-0.05, 0) is 24.5 Å². The molecule has 0 saturated heterocycles. The maximum absolute atomic E-state index is 11.0. The molecule has 0 aliphatic rings. The van der Waals surface area contributed by atoms with E-state index in [1.807, 2.05) is 13.8 Å². The highest BCUT2D eigenvalue weighted by atomic mass is 16.6. The minimum atomic E-state index is -0.994. The number of ether oxygens (including phenoxy) is 3. The van der Waals surface area contributed by atoms with Gasteiger partial charge in [0, 0.05) is 11.6 Å². The van der Waals surface area contributed by atoms with Gasteiger partial charge in [0.1, 0.15) is 24.4 Å². The second kappa shape index (κ2) is 10.2. The lowest BCUT2D eigenvalue weighted by Gasteiger charge is -2.15. The number of carbonyl (C=O) groups excluding carboxylic acids is 1. The van der Waals surface area contributed by atoms with Crippen molar-refractivity contribution < 1.29 is 24.1 Å². The highest BCUT2D eigenvalue weighted by molar-refractivity contribution is 5.76. The molecule has 5 nitrogen and oxygen atoms in total. The van der Waals surface area contributed by atoms with E-state index in [1.165, 1.54) is 0 Å². The molecule has 0 bridgehead atoms. The largest absolute Gasteiger partial charge is 0.493 e. The van der Waals surface area contributed by atoms with Crippen LogP contribution in [0.3, 0.4) is 0 Å². The van der Waals surface area contributed by atoms with Crippen LogP contribution in [0.15, 0.2) is 18.2 Å². The van der Waals surface area contributed by atoms with E-state index >= 15 is 0 Å². The van der Waals surface area contributed by atoms with Crippen LogP contribution in [0.1, 0.15) is 44.0 Å². The smallest absolute Gasteiger partial charge is 0.189 e. The van der Waals surface area contributed by atoms with Crippen molar-refractivity contribution in [3.05, 3.63) is 23.8 Å². The molecular formula is C17H26O5. The van der Waals surface area contributed by atoms with Gasteiger partial charge >= 0.3 is 0 Å². The predicted octanol–water partition coefficient (Wildman–Crippen LogP) is 3.05. The standard InChI is InChI=1S/C17H26O5/c1-4-5-6-20-15-7-14(10-18)8-16(9-15)21-12-17(19)22-11-13(2)3/h7-10,13,17,19H,4-6,11-12H2,1-3H3. The molecule has 0 aliphatic heterocycles. The molecule has 124 valence electrons. The van der Waals surface area contributed by atoms with Crippen LogP contribution in [-0.4, -0.2) is 37.5 Å². The van der Waals surface area contributed by atoms with Crippen molar-refractivity contribution in [2.45, 2.75) is 39.9 Å². The van der Waals surface area contributed by atoms with Gasteiger partial charge in [0.25, 0.3) is 0 Å². The molecule has 0 aromatic heterocycles. The molecule has 1 N–H and O–H groups in total. The van der Waals surface area contributed by atoms with Crippen LogP contribution in [0.5, 0.6) is 11.5 Å². The lowest BCUT2D eigenvalue weighted by Crippen LogP contribution is -2.23. The molecule has 0 radical (unpaired) electrons. The number of carbonyl (C=O) groups is 1. The molecule has 1 rings (SSSR count). The van der Waals surface area contributed by atoms with Crippen LogP contribution < -0.4 is 9.47 Å². The van der Waals surface area contributed by atoms with Gasteiger partial charge < -0.3 is 19.3 Å². The third-order valence-electron chi connectivity index (χ3n) is 2.82. The SMILES string of the molecule is CCCCOc1cc(C=O)cc(OCC(O)OCC(C)C)c1. The molecule has 0 saturated carbocycles. The van der Waals surface area contributed by atoms with E-state index in [4.69, 9.17) is 14.2 Å². The second-order valence-electron chi connectivity index (χ2n) is 5.55. The Bertz CT molecular complexity index is 445. The van der Waals surface area contributed by atoms with E-state index in [9.17, 15) is 9.90 Å². The first-order valence-corrected chi connectivity index (χ1v) is 7.70. The Balaban J connectivity index is 2.57. The summed E-state index contributed by atoms with van der Waals surface area (Å²) in [6.45, 7) is 7.15. The fourth-order valence-electron chi connectivity index (χ4n) is 1.68. The van der Waals surface area contributed by atoms with E-state index in [0.717, 1.165) is 19.1 Å². The van der Waals surface area contributed by atoms with Crippen molar-refractivity contribution in [3.63, 3.8) is 0 Å². The minimum Gasteiger partial charge on any atom is -0.493 e. The van der Waals surface area contributed by atoms with Gasteiger partial charge in [0.05, 0.1) is 13.2 Å². The highest BCUT2D eigenvalue weighted by Gasteiger charge is 2.08. The zero-order valence-corrected chi connectivity index (χ0v) is 13.6. The summed E-state index contributed by atoms with van der Waals surface area (Å²) < 4.78 is 16.3. The molecule has 5 heteroatoms. The molecule has 0 spiro atoms. The molecule has 22 heavy (non-hydrogen) atoms.